The summed E-state index contributed by atoms with van der Waals surface area (Å²) in [6.07, 6.45) is 3.26. The minimum Gasteiger partial charge on any atom is -0.373 e. The highest BCUT2D eigenvalue weighted by Crippen LogP contribution is 2.25. The molecule has 2 aromatic rings. The van der Waals surface area contributed by atoms with Crippen LogP contribution >= 0.6 is 11.3 Å². The van der Waals surface area contributed by atoms with E-state index in [1.165, 1.54) is 35.0 Å². The van der Waals surface area contributed by atoms with E-state index < -0.39 is 0 Å². The second-order valence-corrected chi connectivity index (χ2v) is 7.57. The molecular formula is C19H28N2OS. The zero-order valence-corrected chi connectivity index (χ0v) is 15.1. The third-order valence-electron chi connectivity index (χ3n) is 4.45. The van der Waals surface area contributed by atoms with Crippen LogP contribution in [-0.2, 0) is 11.3 Å². The maximum Gasteiger partial charge on any atom is 0.0678 e. The summed E-state index contributed by atoms with van der Waals surface area (Å²) in [4.78, 5) is 2.55. The van der Waals surface area contributed by atoms with E-state index in [-0.39, 0.29) is 0 Å². The number of nitrogens with one attached hydrogen (secondary N) is 1. The van der Waals surface area contributed by atoms with Crippen molar-refractivity contribution in [3.8, 4) is 0 Å². The van der Waals surface area contributed by atoms with Gasteiger partial charge in [-0.2, -0.15) is 0 Å². The Hall–Kier alpha value is -0.940. The highest BCUT2D eigenvalue weighted by Gasteiger charge is 2.21. The van der Waals surface area contributed by atoms with E-state index in [9.17, 15) is 0 Å². The summed E-state index contributed by atoms with van der Waals surface area (Å²) < 4.78 is 7.17. The average Bonchev–Trinajstić information content (AvgIpc) is 2.93. The maximum absolute atomic E-state index is 5.78. The quantitative estimate of drug-likeness (QED) is 0.779. The standard InChI is InChI=1S/C19H28N2OS/c1-15-12-21(13-16(2)22-15)10-6-5-9-20-11-17-14-23-19-8-4-3-7-18(17)19/h3-4,7-8,14-16,20H,5-6,9-13H2,1-2H3. The molecule has 0 radical (unpaired) electrons. The molecule has 0 amide bonds. The molecule has 1 fully saturated rings. The van der Waals surface area contributed by atoms with E-state index in [2.05, 4.69) is 53.7 Å². The molecule has 1 aliphatic rings. The van der Waals surface area contributed by atoms with E-state index >= 15 is 0 Å². The lowest BCUT2D eigenvalue weighted by Crippen LogP contribution is -2.45. The van der Waals surface area contributed by atoms with Crippen LogP contribution in [0.4, 0.5) is 0 Å². The number of morpholine rings is 1. The van der Waals surface area contributed by atoms with Crippen molar-refractivity contribution in [1.82, 2.24) is 10.2 Å². The van der Waals surface area contributed by atoms with Gasteiger partial charge in [0.05, 0.1) is 12.2 Å². The summed E-state index contributed by atoms with van der Waals surface area (Å²) in [6.45, 7) is 9.79. The minimum atomic E-state index is 0.378. The molecule has 126 valence electrons. The summed E-state index contributed by atoms with van der Waals surface area (Å²) in [5, 5.41) is 7.29. The van der Waals surface area contributed by atoms with Crippen molar-refractivity contribution in [2.45, 2.75) is 45.4 Å². The summed E-state index contributed by atoms with van der Waals surface area (Å²) in [7, 11) is 0. The van der Waals surface area contributed by atoms with Gasteiger partial charge >= 0.3 is 0 Å². The van der Waals surface area contributed by atoms with E-state index in [1.807, 2.05) is 11.3 Å². The van der Waals surface area contributed by atoms with Gasteiger partial charge < -0.3 is 10.1 Å². The number of hydrogen-bond donors (Lipinski definition) is 1. The smallest absolute Gasteiger partial charge is 0.0678 e. The number of benzene rings is 1. The van der Waals surface area contributed by atoms with Crippen molar-refractivity contribution in [2.24, 2.45) is 0 Å². The summed E-state index contributed by atoms with van der Waals surface area (Å²) in [5.41, 5.74) is 1.43. The lowest BCUT2D eigenvalue weighted by atomic mass is 10.2. The molecule has 3 nitrogen and oxygen atoms in total. The number of rotatable bonds is 7. The van der Waals surface area contributed by atoms with Crippen LogP contribution in [-0.4, -0.2) is 43.3 Å². The molecule has 1 saturated heterocycles. The lowest BCUT2D eigenvalue weighted by molar-refractivity contribution is -0.0681. The highest BCUT2D eigenvalue weighted by atomic mass is 32.1. The summed E-state index contributed by atoms with van der Waals surface area (Å²) in [5.74, 6) is 0. The summed E-state index contributed by atoms with van der Waals surface area (Å²) >= 11 is 1.84. The molecule has 4 heteroatoms. The first kappa shape index (κ1) is 16.9. The molecule has 2 heterocycles. The largest absolute Gasteiger partial charge is 0.373 e. The van der Waals surface area contributed by atoms with Gasteiger partial charge in [-0.1, -0.05) is 18.2 Å². The third-order valence-corrected chi connectivity index (χ3v) is 5.46. The molecule has 1 aliphatic heterocycles. The second kappa shape index (κ2) is 8.25. The fourth-order valence-electron chi connectivity index (χ4n) is 3.45. The maximum atomic E-state index is 5.78. The lowest BCUT2D eigenvalue weighted by Gasteiger charge is -2.35. The number of thiophene rings is 1. The third kappa shape index (κ3) is 4.77. The van der Waals surface area contributed by atoms with Gasteiger partial charge in [0.15, 0.2) is 0 Å². The van der Waals surface area contributed by atoms with Crippen molar-refractivity contribution >= 4 is 21.4 Å². The first-order valence-electron chi connectivity index (χ1n) is 8.76. The predicted octanol–water partition coefficient (Wildman–Crippen LogP) is 3.88. The van der Waals surface area contributed by atoms with Gasteiger partial charge in [0, 0.05) is 24.3 Å². The van der Waals surface area contributed by atoms with Gasteiger partial charge in [-0.3, -0.25) is 4.90 Å². The number of ether oxygens (including phenoxy) is 1. The Morgan fingerprint density at radius 3 is 2.78 bits per heavy atom. The Morgan fingerprint density at radius 1 is 1.17 bits per heavy atom. The van der Waals surface area contributed by atoms with Crippen molar-refractivity contribution in [2.75, 3.05) is 26.2 Å². The monoisotopic (exact) mass is 332 g/mol. The van der Waals surface area contributed by atoms with Crippen LogP contribution in [0.1, 0.15) is 32.3 Å². The van der Waals surface area contributed by atoms with Crippen LogP contribution < -0.4 is 5.32 Å². The Bertz CT molecular complexity index is 602. The minimum absolute atomic E-state index is 0.378. The molecule has 2 unspecified atom stereocenters. The van der Waals surface area contributed by atoms with E-state index in [0.29, 0.717) is 12.2 Å². The van der Waals surface area contributed by atoms with Crippen molar-refractivity contribution in [1.29, 1.82) is 0 Å². The van der Waals surface area contributed by atoms with Crippen LogP contribution in [0, 0.1) is 0 Å². The van der Waals surface area contributed by atoms with Gasteiger partial charge in [-0.25, -0.2) is 0 Å². The van der Waals surface area contributed by atoms with E-state index in [0.717, 1.165) is 26.2 Å². The molecule has 3 rings (SSSR count). The van der Waals surface area contributed by atoms with Crippen molar-refractivity contribution in [3.63, 3.8) is 0 Å². The highest BCUT2D eigenvalue weighted by molar-refractivity contribution is 7.17. The number of nitrogens with zero attached hydrogens (tertiary/aromatic N) is 1. The molecule has 0 saturated carbocycles. The molecule has 0 spiro atoms. The first-order chi connectivity index (χ1) is 11.2. The zero-order valence-electron chi connectivity index (χ0n) is 14.3. The number of fused-ring (bicyclic) bond motifs is 1. The Morgan fingerprint density at radius 2 is 1.96 bits per heavy atom. The Labute approximate surface area is 143 Å². The fourth-order valence-corrected chi connectivity index (χ4v) is 4.41. The SMILES string of the molecule is CC1CN(CCCCNCc2csc3ccccc23)CC(C)O1. The van der Waals surface area contributed by atoms with Crippen molar-refractivity contribution in [3.05, 3.63) is 35.2 Å². The van der Waals surface area contributed by atoms with E-state index in [4.69, 9.17) is 4.74 Å². The molecule has 23 heavy (non-hydrogen) atoms. The molecule has 0 aliphatic carbocycles. The molecule has 2 atom stereocenters. The summed E-state index contributed by atoms with van der Waals surface area (Å²) in [6, 6.07) is 8.67. The van der Waals surface area contributed by atoms with Gasteiger partial charge in [0.2, 0.25) is 0 Å². The average molecular weight is 333 g/mol. The van der Waals surface area contributed by atoms with Gasteiger partial charge in [0.1, 0.15) is 0 Å². The van der Waals surface area contributed by atoms with E-state index in [1.54, 1.807) is 0 Å². The zero-order chi connectivity index (χ0) is 16.1. The molecule has 0 bridgehead atoms. The van der Waals surface area contributed by atoms with Gasteiger partial charge in [-0.05, 0) is 62.2 Å². The number of unbranched alkanes of at least 4 members (excludes halogenated alkanes) is 1. The second-order valence-electron chi connectivity index (χ2n) is 6.66. The van der Waals surface area contributed by atoms with Crippen LogP contribution in [0.25, 0.3) is 10.1 Å². The van der Waals surface area contributed by atoms with Crippen LogP contribution in [0.2, 0.25) is 0 Å². The van der Waals surface area contributed by atoms with Crippen LogP contribution in [0.3, 0.4) is 0 Å². The Kier molecular flexibility index (Phi) is 6.06. The Balaban J connectivity index is 1.33. The molecule has 1 aromatic carbocycles. The normalized spacial score (nSPS) is 22.7. The topological polar surface area (TPSA) is 24.5 Å². The van der Waals surface area contributed by atoms with Crippen LogP contribution in [0.5, 0.6) is 0 Å². The molecule has 1 N–H and O–H groups in total. The van der Waals surface area contributed by atoms with Gasteiger partial charge in [0.25, 0.3) is 0 Å². The van der Waals surface area contributed by atoms with Crippen LogP contribution in [0.15, 0.2) is 29.6 Å². The molecule has 1 aromatic heterocycles. The number of hydrogen-bond acceptors (Lipinski definition) is 4. The predicted molar refractivity (Wildman–Crippen MR) is 99.2 cm³/mol. The van der Waals surface area contributed by atoms with Gasteiger partial charge in [-0.15, -0.1) is 11.3 Å². The fraction of sp³-hybridized carbons (Fsp3) is 0.579. The van der Waals surface area contributed by atoms with Crippen molar-refractivity contribution < 1.29 is 4.74 Å². The molecular weight excluding hydrogens is 304 g/mol. The first-order valence-corrected chi connectivity index (χ1v) is 9.64.